The second-order valence-electron chi connectivity index (χ2n) is 6.93. The van der Waals surface area contributed by atoms with E-state index in [0.29, 0.717) is 16.9 Å². The van der Waals surface area contributed by atoms with Crippen LogP contribution in [0.1, 0.15) is 17.2 Å². The second-order valence-corrected chi connectivity index (χ2v) is 6.93. The first kappa shape index (κ1) is 20.4. The second kappa shape index (κ2) is 8.36. The summed E-state index contributed by atoms with van der Waals surface area (Å²) in [5.41, 5.74) is 2.05. The smallest absolute Gasteiger partial charge is 0.295 e. The number of hydrogen-bond donors (Lipinski definition) is 2. The zero-order valence-electron chi connectivity index (χ0n) is 16.6. The van der Waals surface area contributed by atoms with Crippen LogP contribution in [0.4, 0.5) is 5.69 Å². The summed E-state index contributed by atoms with van der Waals surface area (Å²) in [6, 6.07) is 13.2. The number of β-amino-alcohol motifs (C(OH)–C–C–N with tert-alkyl or cyclic N) is 1. The number of carbonyl (C=O) groups excluding carboxylic acids is 2. The zero-order valence-corrected chi connectivity index (χ0v) is 16.6. The van der Waals surface area contributed by atoms with Gasteiger partial charge in [-0.3, -0.25) is 9.59 Å². The molecule has 1 aliphatic heterocycles. The van der Waals surface area contributed by atoms with Gasteiger partial charge in [-0.25, -0.2) is 0 Å². The first-order valence-electron chi connectivity index (χ1n) is 9.20. The van der Waals surface area contributed by atoms with E-state index in [-0.39, 0.29) is 24.5 Å². The number of anilines is 1. The van der Waals surface area contributed by atoms with Crippen LogP contribution in [0.3, 0.4) is 0 Å². The molecule has 29 heavy (non-hydrogen) atoms. The fraction of sp³-hybridized carbons (Fsp3) is 0.273. The van der Waals surface area contributed by atoms with Crippen molar-refractivity contribution in [1.82, 2.24) is 4.90 Å². The van der Waals surface area contributed by atoms with E-state index in [0.717, 1.165) is 5.69 Å². The molecule has 0 radical (unpaired) electrons. The van der Waals surface area contributed by atoms with E-state index < -0.39 is 17.7 Å². The van der Waals surface area contributed by atoms with Crippen molar-refractivity contribution < 1.29 is 24.5 Å². The Hall–Kier alpha value is -3.32. The van der Waals surface area contributed by atoms with Crippen molar-refractivity contribution in [2.45, 2.75) is 6.04 Å². The molecule has 3 rings (SSSR count). The van der Waals surface area contributed by atoms with Crippen molar-refractivity contribution in [2.24, 2.45) is 0 Å². The number of amides is 1. The normalized spacial score (nSPS) is 18.2. The van der Waals surface area contributed by atoms with E-state index in [1.165, 1.54) is 12.0 Å². The molecule has 2 N–H and O–H groups in total. The minimum atomic E-state index is -0.777. The predicted molar refractivity (Wildman–Crippen MR) is 110 cm³/mol. The highest BCUT2D eigenvalue weighted by atomic mass is 16.5. The fourth-order valence-corrected chi connectivity index (χ4v) is 3.42. The summed E-state index contributed by atoms with van der Waals surface area (Å²) in [7, 11) is 5.36. The van der Waals surface area contributed by atoms with Crippen LogP contribution in [0.5, 0.6) is 5.75 Å². The van der Waals surface area contributed by atoms with Gasteiger partial charge in [-0.15, -0.1) is 0 Å². The molecule has 1 saturated heterocycles. The van der Waals surface area contributed by atoms with E-state index in [2.05, 4.69) is 0 Å². The van der Waals surface area contributed by atoms with Crippen LogP contribution in [-0.2, 0) is 9.59 Å². The molecular weight excluding hydrogens is 372 g/mol. The largest absolute Gasteiger partial charge is 0.507 e. The van der Waals surface area contributed by atoms with E-state index in [1.807, 2.05) is 43.3 Å². The number of ether oxygens (including phenoxy) is 1. The minimum absolute atomic E-state index is 0.00576. The predicted octanol–water partition coefficient (Wildman–Crippen LogP) is 2.18. The molecule has 1 heterocycles. The lowest BCUT2D eigenvalue weighted by atomic mass is 9.95. The van der Waals surface area contributed by atoms with Crippen molar-refractivity contribution >= 4 is 23.1 Å². The monoisotopic (exact) mass is 396 g/mol. The number of likely N-dealkylation sites (tertiary alicyclic amines) is 1. The summed E-state index contributed by atoms with van der Waals surface area (Å²) in [6.07, 6.45) is 0. The summed E-state index contributed by atoms with van der Waals surface area (Å²) >= 11 is 0. The lowest BCUT2D eigenvalue weighted by Crippen LogP contribution is -2.32. The Morgan fingerprint density at radius 2 is 1.69 bits per heavy atom. The highest BCUT2D eigenvalue weighted by Gasteiger charge is 2.45. The Bertz CT molecular complexity index is 933. The number of carbonyl (C=O) groups is 2. The Labute approximate surface area is 169 Å². The summed E-state index contributed by atoms with van der Waals surface area (Å²) in [4.78, 5) is 28.6. The third kappa shape index (κ3) is 3.82. The van der Waals surface area contributed by atoms with Crippen LogP contribution in [0.25, 0.3) is 5.76 Å². The van der Waals surface area contributed by atoms with Gasteiger partial charge in [0, 0.05) is 31.9 Å². The fourth-order valence-electron chi connectivity index (χ4n) is 3.42. The molecule has 0 aliphatic carbocycles. The van der Waals surface area contributed by atoms with Gasteiger partial charge in [0.05, 0.1) is 25.3 Å². The topological polar surface area (TPSA) is 90.3 Å². The van der Waals surface area contributed by atoms with Gasteiger partial charge in [0.25, 0.3) is 11.7 Å². The third-order valence-corrected chi connectivity index (χ3v) is 4.97. The molecule has 0 saturated carbocycles. The van der Waals surface area contributed by atoms with Gasteiger partial charge in [0.1, 0.15) is 11.5 Å². The highest BCUT2D eigenvalue weighted by Crippen LogP contribution is 2.39. The molecule has 1 fully saturated rings. The highest BCUT2D eigenvalue weighted by molar-refractivity contribution is 6.46. The first-order valence-corrected chi connectivity index (χ1v) is 9.20. The molecule has 1 unspecified atom stereocenters. The molecule has 0 bridgehead atoms. The van der Waals surface area contributed by atoms with Crippen LogP contribution in [0, 0.1) is 0 Å². The number of ketones is 1. The lowest BCUT2D eigenvalue weighted by molar-refractivity contribution is -0.140. The molecule has 1 amide bonds. The van der Waals surface area contributed by atoms with Crippen LogP contribution >= 0.6 is 0 Å². The average Bonchev–Trinajstić information content (AvgIpc) is 2.98. The van der Waals surface area contributed by atoms with Crippen molar-refractivity contribution in [3.63, 3.8) is 0 Å². The van der Waals surface area contributed by atoms with E-state index in [1.54, 1.807) is 24.3 Å². The number of aliphatic hydroxyl groups excluding tert-OH is 2. The molecule has 152 valence electrons. The van der Waals surface area contributed by atoms with Crippen LogP contribution in [0.15, 0.2) is 54.1 Å². The van der Waals surface area contributed by atoms with Crippen LogP contribution in [0.2, 0.25) is 0 Å². The summed E-state index contributed by atoms with van der Waals surface area (Å²) in [5.74, 6) is -1.16. The molecule has 1 atom stereocenters. The maximum atomic E-state index is 12.8. The average molecular weight is 396 g/mol. The zero-order chi connectivity index (χ0) is 21.1. The number of Topliss-reactive ketones (excluding diaryl/α,β-unsaturated/α-hetero) is 1. The quantitative estimate of drug-likeness (QED) is 0.442. The van der Waals surface area contributed by atoms with E-state index >= 15 is 0 Å². The maximum absolute atomic E-state index is 12.8. The van der Waals surface area contributed by atoms with Crippen molar-refractivity contribution in [1.29, 1.82) is 0 Å². The van der Waals surface area contributed by atoms with E-state index in [9.17, 15) is 19.8 Å². The molecule has 2 aromatic carbocycles. The van der Waals surface area contributed by atoms with Gasteiger partial charge in [-0.05, 0) is 42.0 Å². The summed E-state index contributed by atoms with van der Waals surface area (Å²) in [5, 5.41) is 20.3. The van der Waals surface area contributed by atoms with Crippen molar-refractivity contribution in [2.75, 3.05) is 39.3 Å². The molecule has 0 aromatic heterocycles. The number of benzene rings is 2. The van der Waals surface area contributed by atoms with Crippen LogP contribution in [-0.4, -0.2) is 61.2 Å². The standard InChI is InChI=1S/C22H24N2O5/c1-23(2)16-8-4-14(5-9-16)19-18(21(27)22(28)24(19)12-13-25)20(26)15-6-10-17(29-3)11-7-15/h4-11,19,25-26H,12-13H2,1-3H3/b20-18+. The molecular formula is C22H24N2O5. The summed E-state index contributed by atoms with van der Waals surface area (Å²) in [6.45, 7) is -0.300. The number of aliphatic hydroxyl groups is 2. The van der Waals surface area contributed by atoms with Gasteiger partial charge < -0.3 is 24.7 Å². The minimum Gasteiger partial charge on any atom is -0.507 e. The Kier molecular flexibility index (Phi) is 5.89. The number of nitrogens with zero attached hydrogens (tertiary/aromatic N) is 2. The number of methoxy groups -OCH3 is 1. The molecule has 2 aromatic rings. The SMILES string of the molecule is COc1ccc(/C(O)=C2\C(=O)C(=O)N(CCO)C2c2ccc(N(C)C)cc2)cc1. The lowest BCUT2D eigenvalue weighted by Gasteiger charge is -2.25. The number of hydrogen-bond acceptors (Lipinski definition) is 6. The molecule has 0 spiro atoms. The summed E-state index contributed by atoms with van der Waals surface area (Å²) < 4.78 is 5.12. The third-order valence-electron chi connectivity index (χ3n) is 4.97. The van der Waals surface area contributed by atoms with Crippen molar-refractivity contribution in [3.8, 4) is 5.75 Å². The van der Waals surface area contributed by atoms with Gasteiger partial charge in [0.2, 0.25) is 0 Å². The van der Waals surface area contributed by atoms with E-state index in [4.69, 9.17) is 4.74 Å². The van der Waals surface area contributed by atoms with Gasteiger partial charge >= 0.3 is 0 Å². The Balaban J connectivity index is 2.12. The Morgan fingerprint density at radius 3 is 2.21 bits per heavy atom. The van der Waals surface area contributed by atoms with Crippen molar-refractivity contribution in [3.05, 3.63) is 65.2 Å². The first-order chi connectivity index (χ1) is 13.9. The number of rotatable bonds is 6. The molecule has 1 aliphatic rings. The van der Waals surface area contributed by atoms with Gasteiger partial charge in [-0.1, -0.05) is 12.1 Å². The maximum Gasteiger partial charge on any atom is 0.295 e. The molecule has 7 heteroatoms. The van der Waals surface area contributed by atoms with Gasteiger partial charge in [-0.2, -0.15) is 0 Å². The Morgan fingerprint density at radius 1 is 1.07 bits per heavy atom. The van der Waals surface area contributed by atoms with Gasteiger partial charge in [0.15, 0.2) is 0 Å². The van der Waals surface area contributed by atoms with Crippen LogP contribution < -0.4 is 9.64 Å². The molecule has 7 nitrogen and oxygen atoms in total.